The fourth-order valence-electron chi connectivity index (χ4n) is 3.34. The molecule has 0 N–H and O–H groups in total. The van der Waals surface area contributed by atoms with Crippen molar-refractivity contribution in [2.24, 2.45) is 0 Å². The number of fused-ring (bicyclic) bond motifs is 1. The lowest BCUT2D eigenvalue weighted by atomic mass is 9.96. The Kier molecular flexibility index (Phi) is 4.53. The number of carbonyl (C=O) groups excluding carboxylic acids is 1. The number of hydrogen-bond acceptors (Lipinski definition) is 6. The van der Waals surface area contributed by atoms with E-state index in [-0.39, 0.29) is 24.3 Å². The molecule has 1 aromatic heterocycles. The third-order valence-corrected chi connectivity index (χ3v) is 4.89. The average Bonchev–Trinajstić information content (AvgIpc) is 3.18. The number of rotatable bonds is 3. The van der Waals surface area contributed by atoms with Gasteiger partial charge >= 0.3 is 0 Å². The predicted octanol–water partition coefficient (Wildman–Crippen LogP) is 2.74. The minimum atomic E-state index is -0.586. The lowest BCUT2D eigenvalue weighted by Crippen LogP contribution is -2.48. The van der Waals surface area contributed by atoms with E-state index in [1.54, 1.807) is 0 Å². The highest BCUT2D eigenvalue weighted by molar-refractivity contribution is 5.82. The van der Waals surface area contributed by atoms with Gasteiger partial charge in [0.15, 0.2) is 11.5 Å². The molecule has 1 aromatic carbocycles. The number of benzene rings is 1. The Morgan fingerprint density at radius 2 is 1.88 bits per heavy atom. The molecule has 0 bridgehead atoms. The van der Waals surface area contributed by atoms with Crippen LogP contribution >= 0.6 is 0 Å². The van der Waals surface area contributed by atoms with Gasteiger partial charge in [0.25, 0.3) is 5.91 Å². The van der Waals surface area contributed by atoms with Crippen molar-refractivity contribution in [3.05, 3.63) is 36.0 Å². The summed E-state index contributed by atoms with van der Waals surface area (Å²) in [5.41, 5.74) is 0. The molecule has 1 fully saturated rings. The lowest BCUT2D eigenvalue weighted by molar-refractivity contribution is -0.142. The van der Waals surface area contributed by atoms with Crippen LogP contribution in [0.25, 0.3) is 0 Å². The maximum Gasteiger partial charge on any atom is 0.267 e. The van der Waals surface area contributed by atoms with Crippen LogP contribution in [0.15, 0.2) is 28.7 Å². The highest BCUT2D eigenvalue weighted by Gasteiger charge is 2.34. The van der Waals surface area contributed by atoms with Crippen molar-refractivity contribution in [2.75, 3.05) is 19.7 Å². The van der Waals surface area contributed by atoms with Crippen molar-refractivity contribution >= 4 is 5.91 Å². The monoisotopic (exact) mass is 357 g/mol. The Labute approximate surface area is 152 Å². The quantitative estimate of drug-likeness (QED) is 0.840. The number of para-hydroxylation sites is 2. The fraction of sp³-hybridized carbons (Fsp3) is 0.526. The molecular weight excluding hydrogens is 334 g/mol. The van der Waals surface area contributed by atoms with Gasteiger partial charge in [0.2, 0.25) is 17.9 Å². The molecule has 26 heavy (non-hydrogen) atoms. The van der Waals surface area contributed by atoms with Crippen molar-refractivity contribution < 1.29 is 18.7 Å². The number of hydrogen-bond donors (Lipinski definition) is 0. The zero-order valence-corrected chi connectivity index (χ0v) is 15.1. The molecule has 7 nitrogen and oxygen atoms in total. The van der Waals surface area contributed by atoms with Crippen LogP contribution in [0, 0.1) is 0 Å². The molecule has 0 unspecified atom stereocenters. The van der Waals surface area contributed by atoms with E-state index in [0.29, 0.717) is 36.4 Å². The van der Waals surface area contributed by atoms with Gasteiger partial charge in [0.05, 0.1) is 0 Å². The molecule has 1 atom stereocenters. The fourth-order valence-corrected chi connectivity index (χ4v) is 3.34. The third kappa shape index (κ3) is 3.25. The van der Waals surface area contributed by atoms with Crippen molar-refractivity contribution in [3.8, 4) is 11.5 Å². The van der Waals surface area contributed by atoms with Crippen LogP contribution < -0.4 is 9.47 Å². The maximum absolute atomic E-state index is 12.8. The number of piperidine rings is 1. The van der Waals surface area contributed by atoms with Gasteiger partial charge in [-0.2, -0.15) is 0 Å². The van der Waals surface area contributed by atoms with Crippen LogP contribution in [0.5, 0.6) is 11.5 Å². The lowest BCUT2D eigenvalue weighted by Gasteiger charge is -2.34. The Morgan fingerprint density at radius 3 is 2.58 bits per heavy atom. The number of amides is 1. The van der Waals surface area contributed by atoms with Gasteiger partial charge in [-0.25, -0.2) is 0 Å². The van der Waals surface area contributed by atoms with Gasteiger partial charge in [-0.15, -0.1) is 10.2 Å². The summed E-state index contributed by atoms with van der Waals surface area (Å²) in [4.78, 5) is 14.6. The average molecular weight is 357 g/mol. The first kappa shape index (κ1) is 16.9. The zero-order chi connectivity index (χ0) is 18.1. The van der Waals surface area contributed by atoms with Crippen molar-refractivity contribution in [1.82, 2.24) is 15.1 Å². The smallest absolute Gasteiger partial charge is 0.267 e. The number of carbonyl (C=O) groups is 1. The largest absolute Gasteiger partial charge is 0.485 e. The molecule has 4 rings (SSSR count). The Morgan fingerprint density at radius 1 is 1.15 bits per heavy atom. The summed E-state index contributed by atoms with van der Waals surface area (Å²) in [6.45, 7) is 5.62. The van der Waals surface area contributed by atoms with E-state index < -0.39 is 6.10 Å². The summed E-state index contributed by atoms with van der Waals surface area (Å²) in [5.74, 6) is 3.09. The number of aromatic nitrogens is 2. The molecule has 0 aliphatic carbocycles. The van der Waals surface area contributed by atoms with E-state index in [2.05, 4.69) is 10.2 Å². The van der Waals surface area contributed by atoms with Crippen LogP contribution in [-0.4, -0.2) is 46.8 Å². The summed E-state index contributed by atoms with van der Waals surface area (Å²) in [6, 6.07) is 7.42. The third-order valence-electron chi connectivity index (χ3n) is 4.89. The van der Waals surface area contributed by atoms with Crippen molar-refractivity contribution in [2.45, 2.75) is 44.6 Å². The van der Waals surface area contributed by atoms with E-state index in [4.69, 9.17) is 13.9 Å². The molecule has 7 heteroatoms. The van der Waals surface area contributed by atoms with E-state index in [1.807, 2.05) is 43.0 Å². The molecule has 2 aromatic rings. The number of nitrogens with zero attached hydrogens (tertiary/aromatic N) is 3. The van der Waals surface area contributed by atoms with Gasteiger partial charge in [0, 0.05) is 24.9 Å². The molecule has 0 spiro atoms. The van der Waals surface area contributed by atoms with Gasteiger partial charge < -0.3 is 18.8 Å². The van der Waals surface area contributed by atoms with Crippen LogP contribution in [0.2, 0.25) is 0 Å². The first-order valence-electron chi connectivity index (χ1n) is 9.12. The summed E-state index contributed by atoms with van der Waals surface area (Å²) in [7, 11) is 0. The minimum Gasteiger partial charge on any atom is -0.485 e. The van der Waals surface area contributed by atoms with Gasteiger partial charge in [-0.3, -0.25) is 4.79 Å². The second-order valence-electron chi connectivity index (χ2n) is 7.10. The molecule has 2 aliphatic rings. The first-order valence-corrected chi connectivity index (χ1v) is 9.12. The molecular formula is C19H23N3O4. The zero-order valence-electron chi connectivity index (χ0n) is 15.1. The SMILES string of the molecule is CC(C)c1nnc(C2CCN(C(=O)[C@@H]3COc4ccccc4O3)CC2)o1. The highest BCUT2D eigenvalue weighted by atomic mass is 16.6. The minimum absolute atomic E-state index is 0.0219. The van der Waals surface area contributed by atoms with Gasteiger partial charge in [-0.1, -0.05) is 26.0 Å². The van der Waals surface area contributed by atoms with Crippen molar-refractivity contribution in [1.29, 1.82) is 0 Å². The summed E-state index contributed by atoms with van der Waals surface area (Å²) in [6.07, 6.45) is 1.04. The van der Waals surface area contributed by atoms with Gasteiger partial charge in [0.1, 0.15) is 6.61 Å². The molecule has 0 radical (unpaired) electrons. The second kappa shape index (κ2) is 6.97. The Bertz CT molecular complexity index is 781. The maximum atomic E-state index is 12.8. The van der Waals surface area contributed by atoms with Crippen LogP contribution in [0.1, 0.15) is 50.3 Å². The first-order chi connectivity index (χ1) is 12.6. The van der Waals surface area contributed by atoms with E-state index in [0.717, 1.165) is 12.8 Å². The standard InChI is InChI=1S/C19H23N3O4/c1-12(2)17-20-21-18(26-17)13-7-9-22(10-8-13)19(23)16-11-24-14-5-3-4-6-15(14)25-16/h3-6,12-13,16H,7-11H2,1-2H3/t16-/m0/s1. The van der Waals surface area contributed by atoms with E-state index in [1.165, 1.54) is 0 Å². The second-order valence-corrected chi connectivity index (χ2v) is 7.10. The van der Waals surface area contributed by atoms with Crippen molar-refractivity contribution in [3.63, 3.8) is 0 Å². The van der Waals surface area contributed by atoms with E-state index in [9.17, 15) is 4.79 Å². The number of ether oxygens (including phenoxy) is 2. The molecule has 1 saturated heterocycles. The topological polar surface area (TPSA) is 77.7 Å². The summed E-state index contributed by atoms with van der Waals surface area (Å²) in [5, 5.41) is 8.29. The van der Waals surface area contributed by atoms with Crippen LogP contribution in [0.4, 0.5) is 0 Å². The number of likely N-dealkylation sites (tertiary alicyclic amines) is 1. The highest BCUT2D eigenvalue weighted by Crippen LogP contribution is 2.32. The summed E-state index contributed by atoms with van der Waals surface area (Å²) >= 11 is 0. The molecule has 1 amide bonds. The van der Waals surface area contributed by atoms with Crippen LogP contribution in [0.3, 0.4) is 0 Å². The van der Waals surface area contributed by atoms with E-state index >= 15 is 0 Å². The molecule has 138 valence electrons. The predicted molar refractivity (Wildman–Crippen MR) is 93.3 cm³/mol. The Balaban J connectivity index is 1.35. The molecule has 2 aliphatic heterocycles. The Hall–Kier alpha value is -2.57. The van der Waals surface area contributed by atoms with Gasteiger partial charge in [-0.05, 0) is 25.0 Å². The molecule has 0 saturated carbocycles. The van der Waals surface area contributed by atoms with Crippen LogP contribution in [-0.2, 0) is 4.79 Å². The normalized spacial score (nSPS) is 20.4. The summed E-state index contributed by atoms with van der Waals surface area (Å²) < 4.78 is 17.3. The molecule has 3 heterocycles.